The lowest BCUT2D eigenvalue weighted by atomic mass is 10.0. The second-order valence-corrected chi connectivity index (χ2v) is 4.67. The second kappa shape index (κ2) is 8.27. The molecule has 0 aliphatic carbocycles. The Balaban J connectivity index is 2.55. The Morgan fingerprint density at radius 2 is 2.00 bits per heavy atom. The quantitative estimate of drug-likeness (QED) is 0.734. The molecule has 0 radical (unpaired) electrons. The van der Waals surface area contributed by atoms with Gasteiger partial charge in [0.15, 0.2) is 0 Å². The Morgan fingerprint density at radius 1 is 1.25 bits per heavy atom. The van der Waals surface area contributed by atoms with Crippen LogP contribution in [0.25, 0.3) is 0 Å². The van der Waals surface area contributed by atoms with E-state index >= 15 is 0 Å². The minimum atomic E-state index is -4.25. The first-order chi connectivity index (χ1) is 9.46. The van der Waals surface area contributed by atoms with E-state index in [0.29, 0.717) is 6.42 Å². The fraction of sp³-hybridized carbons (Fsp3) is 0.600. The fourth-order valence-electron chi connectivity index (χ4n) is 2.05. The molecule has 0 saturated carbocycles. The highest BCUT2D eigenvalue weighted by Crippen LogP contribution is 2.20. The third-order valence-electron chi connectivity index (χ3n) is 3.03. The van der Waals surface area contributed by atoms with Gasteiger partial charge in [-0.25, -0.2) is 0 Å². The Bertz CT molecular complexity index is 393. The van der Waals surface area contributed by atoms with Crippen molar-refractivity contribution in [2.45, 2.75) is 38.9 Å². The standard InChI is InChI=1S/C15H22F3NO/c1-3-12-6-5-7-13(10-12)14(19-4-2)8-9-20-11-15(16,17)18/h5-7,10,14,19H,3-4,8-9,11H2,1-2H3. The number of hydrogen-bond acceptors (Lipinski definition) is 2. The predicted octanol–water partition coefficient (Wildman–Crippen LogP) is 3.87. The van der Waals surface area contributed by atoms with E-state index < -0.39 is 12.8 Å². The van der Waals surface area contributed by atoms with E-state index in [-0.39, 0.29) is 12.6 Å². The molecular weight excluding hydrogens is 267 g/mol. The highest BCUT2D eigenvalue weighted by atomic mass is 19.4. The highest BCUT2D eigenvalue weighted by molar-refractivity contribution is 5.26. The van der Waals surface area contributed by atoms with Crippen LogP contribution in [0.2, 0.25) is 0 Å². The van der Waals surface area contributed by atoms with Crippen molar-refractivity contribution in [2.24, 2.45) is 0 Å². The van der Waals surface area contributed by atoms with E-state index in [1.165, 1.54) is 5.56 Å². The Morgan fingerprint density at radius 3 is 2.60 bits per heavy atom. The van der Waals surface area contributed by atoms with Crippen LogP contribution >= 0.6 is 0 Å². The van der Waals surface area contributed by atoms with Gasteiger partial charge in [0.1, 0.15) is 6.61 Å². The van der Waals surface area contributed by atoms with E-state index in [1.807, 2.05) is 25.1 Å². The van der Waals surface area contributed by atoms with Crippen LogP contribution in [0.15, 0.2) is 24.3 Å². The molecule has 0 fully saturated rings. The SMILES string of the molecule is CCNC(CCOCC(F)(F)F)c1cccc(CC)c1. The van der Waals surface area contributed by atoms with Crippen molar-refractivity contribution in [2.75, 3.05) is 19.8 Å². The minimum absolute atomic E-state index is 0.0275. The van der Waals surface area contributed by atoms with E-state index in [4.69, 9.17) is 0 Å². The average molecular weight is 289 g/mol. The summed E-state index contributed by atoms with van der Waals surface area (Å²) in [5.41, 5.74) is 2.32. The number of alkyl halides is 3. The predicted molar refractivity (Wildman–Crippen MR) is 73.7 cm³/mol. The number of hydrogen-bond donors (Lipinski definition) is 1. The molecule has 2 nitrogen and oxygen atoms in total. The molecule has 0 heterocycles. The van der Waals surface area contributed by atoms with E-state index in [1.54, 1.807) is 0 Å². The molecule has 20 heavy (non-hydrogen) atoms. The minimum Gasteiger partial charge on any atom is -0.372 e. The van der Waals surface area contributed by atoms with Gasteiger partial charge < -0.3 is 10.1 Å². The first kappa shape index (κ1) is 17.0. The largest absolute Gasteiger partial charge is 0.411 e. The van der Waals surface area contributed by atoms with Crippen LogP contribution in [0, 0.1) is 0 Å². The van der Waals surface area contributed by atoms with Gasteiger partial charge in [0.2, 0.25) is 0 Å². The van der Waals surface area contributed by atoms with Gasteiger partial charge in [-0.15, -0.1) is 0 Å². The monoisotopic (exact) mass is 289 g/mol. The number of ether oxygens (including phenoxy) is 1. The Kier molecular flexibility index (Phi) is 7.02. The summed E-state index contributed by atoms with van der Waals surface area (Å²) >= 11 is 0. The van der Waals surface area contributed by atoms with E-state index in [9.17, 15) is 13.2 Å². The Labute approximate surface area is 118 Å². The molecule has 0 saturated heterocycles. The number of nitrogens with one attached hydrogen (secondary N) is 1. The summed E-state index contributed by atoms with van der Waals surface area (Å²) < 4.78 is 40.7. The average Bonchev–Trinajstić information content (AvgIpc) is 2.41. The lowest BCUT2D eigenvalue weighted by Gasteiger charge is -2.19. The number of halogens is 3. The normalized spacial score (nSPS) is 13.4. The lowest BCUT2D eigenvalue weighted by molar-refractivity contribution is -0.174. The molecule has 0 spiro atoms. The summed E-state index contributed by atoms with van der Waals surface area (Å²) in [4.78, 5) is 0. The molecule has 1 unspecified atom stereocenters. The van der Waals surface area contributed by atoms with Gasteiger partial charge >= 0.3 is 6.18 Å². The molecule has 1 rings (SSSR count). The van der Waals surface area contributed by atoms with Crippen LogP contribution in [-0.4, -0.2) is 25.9 Å². The number of rotatable bonds is 8. The zero-order chi connectivity index (χ0) is 15.0. The molecule has 1 aromatic carbocycles. The van der Waals surface area contributed by atoms with Crippen LogP contribution in [-0.2, 0) is 11.2 Å². The van der Waals surface area contributed by atoms with Gasteiger partial charge in [-0.1, -0.05) is 38.1 Å². The van der Waals surface area contributed by atoms with E-state index in [2.05, 4.69) is 23.0 Å². The van der Waals surface area contributed by atoms with Crippen LogP contribution in [0.4, 0.5) is 13.2 Å². The molecule has 5 heteroatoms. The maximum absolute atomic E-state index is 12.0. The summed E-state index contributed by atoms with van der Waals surface area (Å²) in [5.74, 6) is 0. The molecule has 0 aliphatic rings. The van der Waals surface area contributed by atoms with Crippen LogP contribution in [0.5, 0.6) is 0 Å². The molecule has 0 aliphatic heterocycles. The van der Waals surface area contributed by atoms with Crippen molar-refractivity contribution in [3.05, 3.63) is 35.4 Å². The van der Waals surface area contributed by atoms with Gasteiger partial charge in [-0.3, -0.25) is 0 Å². The topological polar surface area (TPSA) is 21.3 Å². The molecule has 0 amide bonds. The van der Waals surface area contributed by atoms with Gasteiger partial charge in [-0.05, 0) is 30.5 Å². The summed E-state index contributed by atoms with van der Waals surface area (Å²) in [6.07, 6.45) is -2.79. The first-order valence-electron chi connectivity index (χ1n) is 6.93. The maximum Gasteiger partial charge on any atom is 0.411 e. The molecule has 1 aromatic rings. The van der Waals surface area contributed by atoms with Crippen molar-refractivity contribution in [3.63, 3.8) is 0 Å². The van der Waals surface area contributed by atoms with Gasteiger partial charge in [0, 0.05) is 12.6 Å². The zero-order valence-electron chi connectivity index (χ0n) is 12.0. The third-order valence-corrected chi connectivity index (χ3v) is 3.03. The third kappa shape index (κ3) is 6.39. The van der Waals surface area contributed by atoms with E-state index in [0.717, 1.165) is 18.5 Å². The van der Waals surface area contributed by atoms with Crippen molar-refractivity contribution in [3.8, 4) is 0 Å². The smallest absolute Gasteiger partial charge is 0.372 e. The Hall–Kier alpha value is -1.07. The summed E-state index contributed by atoms with van der Waals surface area (Å²) in [5, 5.41) is 3.29. The van der Waals surface area contributed by atoms with Crippen LogP contribution in [0.1, 0.15) is 37.4 Å². The van der Waals surface area contributed by atoms with Crippen molar-refractivity contribution < 1.29 is 17.9 Å². The molecule has 0 bridgehead atoms. The number of benzene rings is 1. The summed E-state index contributed by atoms with van der Waals surface area (Å²) in [6.45, 7) is 3.73. The molecule has 1 N–H and O–H groups in total. The lowest BCUT2D eigenvalue weighted by Crippen LogP contribution is -2.24. The van der Waals surface area contributed by atoms with Gasteiger partial charge in [-0.2, -0.15) is 13.2 Å². The molecule has 1 atom stereocenters. The van der Waals surface area contributed by atoms with Crippen molar-refractivity contribution in [1.29, 1.82) is 0 Å². The van der Waals surface area contributed by atoms with Gasteiger partial charge in [0.25, 0.3) is 0 Å². The summed E-state index contributed by atoms with van der Waals surface area (Å²) in [6, 6.07) is 8.15. The molecule has 114 valence electrons. The summed E-state index contributed by atoms with van der Waals surface area (Å²) in [7, 11) is 0. The maximum atomic E-state index is 12.0. The van der Waals surface area contributed by atoms with Crippen molar-refractivity contribution >= 4 is 0 Å². The zero-order valence-corrected chi connectivity index (χ0v) is 12.0. The molecular formula is C15H22F3NO. The van der Waals surface area contributed by atoms with Crippen LogP contribution in [0.3, 0.4) is 0 Å². The second-order valence-electron chi connectivity index (χ2n) is 4.67. The highest BCUT2D eigenvalue weighted by Gasteiger charge is 2.27. The van der Waals surface area contributed by atoms with Gasteiger partial charge in [0.05, 0.1) is 0 Å². The van der Waals surface area contributed by atoms with Crippen molar-refractivity contribution in [1.82, 2.24) is 5.32 Å². The van der Waals surface area contributed by atoms with Crippen LogP contribution < -0.4 is 5.32 Å². The first-order valence-corrected chi connectivity index (χ1v) is 6.93. The number of aryl methyl sites for hydroxylation is 1. The fourth-order valence-corrected chi connectivity index (χ4v) is 2.05. The molecule has 0 aromatic heterocycles.